The number of unbranched alkanes of at least 4 members (excludes halogenated alkanes) is 2. The number of hydrogen-bond donors (Lipinski definition) is 0. The second kappa shape index (κ2) is 14.2. The minimum atomic E-state index is 0.00476. The average Bonchev–Trinajstić information content (AvgIpc) is 3.31. The minimum absolute atomic E-state index is 0.00476. The first kappa shape index (κ1) is 30.1. The Morgan fingerprint density at radius 3 is 1.12 bits per heavy atom. The first-order chi connectivity index (χ1) is 20.5. The smallest absolute Gasteiger partial charge is 0.195 e. The Kier molecular flexibility index (Phi) is 10.1. The first-order valence-electron chi connectivity index (χ1n) is 14.5. The number of hydrogen-bond acceptors (Lipinski definition) is 3. The van der Waals surface area contributed by atoms with E-state index in [1.165, 1.54) is 0 Å². The standard InChI is InChI=1S/C37H34Br2O3/c1-3-5-23-41-31-19-11-27(12-20-31)35-33(25-7-15-29(38)16-8-25)34(26-9-17-30(39)18-10-26)36(37(35)40)28-13-21-32(22-14-28)42-24-6-4-2/h7-22H,3-6,23-24H2,1-2H3. The summed E-state index contributed by atoms with van der Waals surface area (Å²) in [4.78, 5) is 14.6. The molecule has 0 radical (unpaired) electrons. The van der Waals surface area contributed by atoms with Gasteiger partial charge in [-0.3, -0.25) is 4.79 Å². The molecule has 0 spiro atoms. The lowest BCUT2D eigenvalue weighted by molar-refractivity contribution is -0.108. The molecule has 0 saturated carbocycles. The molecule has 214 valence electrons. The molecule has 0 N–H and O–H groups in total. The lowest BCUT2D eigenvalue weighted by Crippen LogP contribution is -2.03. The van der Waals surface area contributed by atoms with Crippen LogP contribution in [0.3, 0.4) is 0 Å². The molecule has 5 rings (SSSR count). The molecule has 4 aromatic rings. The Labute approximate surface area is 265 Å². The van der Waals surface area contributed by atoms with Crippen molar-refractivity contribution in [2.75, 3.05) is 13.2 Å². The summed E-state index contributed by atoms with van der Waals surface area (Å²) in [6, 6.07) is 32.2. The van der Waals surface area contributed by atoms with E-state index in [0.29, 0.717) is 24.4 Å². The highest BCUT2D eigenvalue weighted by atomic mass is 79.9. The zero-order valence-corrected chi connectivity index (χ0v) is 27.1. The lowest BCUT2D eigenvalue weighted by atomic mass is 9.89. The zero-order chi connectivity index (χ0) is 29.5. The van der Waals surface area contributed by atoms with E-state index >= 15 is 0 Å². The van der Waals surface area contributed by atoms with Gasteiger partial charge in [-0.2, -0.15) is 0 Å². The Morgan fingerprint density at radius 2 is 0.786 bits per heavy atom. The molecule has 5 heteroatoms. The van der Waals surface area contributed by atoms with Crippen LogP contribution >= 0.6 is 31.9 Å². The number of halogens is 2. The maximum Gasteiger partial charge on any atom is 0.195 e. The van der Waals surface area contributed by atoms with Gasteiger partial charge in [0.15, 0.2) is 5.78 Å². The number of ether oxygens (including phenoxy) is 2. The topological polar surface area (TPSA) is 35.5 Å². The van der Waals surface area contributed by atoms with E-state index in [0.717, 1.165) is 79.5 Å². The number of carbonyl (C=O) groups is 1. The van der Waals surface area contributed by atoms with Crippen LogP contribution in [-0.4, -0.2) is 19.0 Å². The Morgan fingerprint density at radius 1 is 0.476 bits per heavy atom. The fourth-order valence-electron chi connectivity index (χ4n) is 5.07. The summed E-state index contributed by atoms with van der Waals surface area (Å²) in [5.74, 6) is 1.62. The maximum atomic E-state index is 14.6. The van der Waals surface area contributed by atoms with Crippen LogP contribution in [0.5, 0.6) is 11.5 Å². The molecule has 0 unspecified atom stereocenters. The van der Waals surface area contributed by atoms with Crippen LogP contribution < -0.4 is 9.47 Å². The second-order valence-electron chi connectivity index (χ2n) is 10.3. The minimum Gasteiger partial charge on any atom is -0.494 e. The fraction of sp³-hybridized carbons (Fsp3) is 0.216. The van der Waals surface area contributed by atoms with Gasteiger partial charge in [0.1, 0.15) is 11.5 Å². The van der Waals surface area contributed by atoms with Crippen molar-refractivity contribution in [1.29, 1.82) is 0 Å². The van der Waals surface area contributed by atoms with Crippen molar-refractivity contribution in [3.63, 3.8) is 0 Å². The SMILES string of the molecule is CCCCOc1ccc(C2=C(c3ccc(Br)cc3)C(c3ccc(Br)cc3)=C(c3ccc(OCCCC)cc3)C2=O)cc1. The highest BCUT2D eigenvalue weighted by Crippen LogP contribution is 2.50. The third-order valence-electron chi connectivity index (χ3n) is 7.29. The van der Waals surface area contributed by atoms with Gasteiger partial charge in [0.2, 0.25) is 0 Å². The van der Waals surface area contributed by atoms with E-state index in [1.54, 1.807) is 0 Å². The van der Waals surface area contributed by atoms with Crippen molar-refractivity contribution in [2.24, 2.45) is 0 Å². The fourth-order valence-corrected chi connectivity index (χ4v) is 5.60. The predicted molar refractivity (Wildman–Crippen MR) is 181 cm³/mol. The summed E-state index contributed by atoms with van der Waals surface area (Å²) in [7, 11) is 0. The maximum absolute atomic E-state index is 14.6. The summed E-state index contributed by atoms with van der Waals surface area (Å²) in [5, 5.41) is 0. The first-order valence-corrected chi connectivity index (χ1v) is 16.1. The van der Waals surface area contributed by atoms with E-state index in [4.69, 9.17) is 9.47 Å². The van der Waals surface area contributed by atoms with E-state index < -0.39 is 0 Å². The lowest BCUT2D eigenvalue weighted by Gasteiger charge is -2.14. The molecule has 0 heterocycles. The van der Waals surface area contributed by atoms with Crippen LogP contribution in [0.1, 0.15) is 61.8 Å². The molecule has 0 atom stereocenters. The van der Waals surface area contributed by atoms with E-state index in [1.807, 2.05) is 72.8 Å². The number of rotatable bonds is 12. The van der Waals surface area contributed by atoms with Gasteiger partial charge in [-0.1, -0.05) is 107 Å². The molecule has 0 aliphatic heterocycles. The molecule has 1 aliphatic carbocycles. The summed E-state index contributed by atoms with van der Waals surface area (Å²) < 4.78 is 13.8. The molecule has 0 bridgehead atoms. The van der Waals surface area contributed by atoms with Crippen molar-refractivity contribution in [1.82, 2.24) is 0 Å². The average molecular weight is 686 g/mol. The number of benzene rings is 4. The third kappa shape index (κ3) is 6.79. The molecular formula is C37H34Br2O3. The summed E-state index contributed by atoms with van der Waals surface area (Å²) >= 11 is 7.16. The van der Waals surface area contributed by atoms with Crippen molar-refractivity contribution in [2.45, 2.75) is 39.5 Å². The van der Waals surface area contributed by atoms with Crippen molar-refractivity contribution in [3.8, 4) is 11.5 Å². The highest BCUT2D eigenvalue weighted by molar-refractivity contribution is 9.10. The van der Waals surface area contributed by atoms with Gasteiger partial charge in [-0.05, 0) is 83.6 Å². The summed E-state index contributed by atoms with van der Waals surface area (Å²) in [6.07, 6.45) is 4.17. The number of carbonyl (C=O) groups excluding carboxylic acids is 1. The van der Waals surface area contributed by atoms with E-state index in [9.17, 15) is 4.79 Å². The van der Waals surface area contributed by atoms with E-state index in [-0.39, 0.29) is 5.78 Å². The molecule has 4 aromatic carbocycles. The van der Waals surface area contributed by atoms with Gasteiger partial charge in [-0.15, -0.1) is 0 Å². The zero-order valence-electron chi connectivity index (χ0n) is 24.0. The number of Topliss-reactive ketones (excluding diaryl/α,β-unsaturated/α-hetero) is 1. The Balaban J connectivity index is 1.67. The second-order valence-corrected chi connectivity index (χ2v) is 12.1. The third-order valence-corrected chi connectivity index (χ3v) is 8.35. The van der Waals surface area contributed by atoms with Gasteiger partial charge in [0, 0.05) is 31.2 Å². The Hall–Kier alpha value is -3.41. The van der Waals surface area contributed by atoms with Gasteiger partial charge >= 0.3 is 0 Å². The van der Waals surface area contributed by atoms with Gasteiger partial charge < -0.3 is 9.47 Å². The van der Waals surface area contributed by atoms with Crippen LogP contribution in [0.4, 0.5) is 0 Å². The van der Waals surface area contributed by atoms with Crippen molar-refractivity contribution in [3.05, 3.63) is 128 Å². The summed E-state index contributed by atoms with van der Waals surface area (Å²) in [5.41, 5.74) is 6.92. The molecule has 0 aromatic heterocycles. The molecule has 0 fully saturated rings. The molecular weight excluding hydrogens is 652 g/mol. The quantitative estimate of drug-likeness (QED) is 0.139. The highest BCUT2D eigenvalue weighted by Gasteiger charge is 2.35. The van der Waals surface area contributed by atoms with Crippen molar-refractivity contribution < 1.29 is 14.3 Å². The monoisotopic (exact) mass is 684 g/mol. The largest absolute Gasteiger partial charge is 0.494 e. The molecule has 1 aliphatic rings. The number of ketones is 1. The van der Waals surface area contributed by atoms with Crippen LogP contribution in [0.15, 0.2) is 106 Å². The Bertz CT molecular complexity index is 1460. The van der Waals surface area contributed by atoms with Crippen LogP contribution in [0.2, 0.25) is 0 Å². The number of allylic oxidation sites excluding steroid dienone is 4. The van der Waals surface area contributed by atoms with E-state index in [2.05, 4.69) is 70.0 Å². The summed E-state index contributed by atoms with van der Waals surface area (Å²) in [6.45, 7) is 5.65. The molecule has 0 saturated heterocycles. The van der Waals surface area contributed by atoms with Crippen molar-refractivity contribution >= 4 is 59.9 Å². The van der Waals surface area contributed by atoms with Crippen LogP contribution in [0.25, 0.3) is 22.3 Å². The van der Waals surface area contributed by atoms with Gasteiger partial charge in [-0.25, -0.2) is 0 Å². The van der Waals surface area contributed by atoms with Crippen LogP contribution in [0, 0.1) is 0 Å². The molecule has 42 heavy (non-hydrogen) atoms. The van der Waals surface area contributed by atoms with Gasteiger partial charge in [0.25, 0.3) is 0 Å². The molecule has 0 amide bonds. The molecule has 3 nitrogen and oxygen atoms in total. The van der Waals surface area contributed by atoms with Gasteiger partial charge in [0.05, 0.1) is 13.2 Å². The normalized spacial score (nSPS) is 13.2. The predicted octanol–water partition coefficient (Wildman–Crippen LogP) is 10.7. The van der Waals surface area contributed by atoms with Crippen LogP contribution in [-0.2, 0) is 4.79 Å².